The zero-order chi connectivity index (χ0) is 22.8. The molecule has 0 aliphatic carbocycles. The van der Waals surface area contributed by atoms with Gasteiger partial charge < -0.3 is 10.2 Å². The zero-order valence-corrected chi connectivity index (χ0v) is 17.9. The highest BCUT2D eigenvalue weighted by Crippen LogP contribution is 2.21. The molecule has 1 saturated heterocycles. The van der Waals surface area contributed by atoms with Gasteiger partial charge in [0.25, 0.3) is 11.5 Å². The first-order valence-electron chi connectivity index (χ1n) is 10.9. The van der Waals surface area contributed by atoms with Crippen LogP contribution in [0.2, 0.25) is 0 Å². The van der Waals surface area contributed by atoms with Crippen LogP contribution in [-0.4, -0.2) is 40.1 Å². The van der Waals surface area contributed by atoms with Gasteiger partial charge >= 0.3 is 0 Å². The molecule has 33 heavy (non-hydrogen) atoms. The Kier molecular flexibility index (Phi) is 5.71. The predicted octanol–water partition coefficient (Wildman–Crippen LogP) is 3.27. The number of nitrogens with one attached hydrogen (secondary N) is 2. The van der Waals surface area contributed by atoms with E-state index in [9.17, 15) is 14.0 Å². The number of aromatic nitrogens is 2. The fourth-order valence-electron chi connectivity index (χ4n) is 4.15. The maximum absolute atomic E-state index is 14.5. The summed E-state index contributed by atoms with van der Waals surface area (Å²) < 4.78 is 14.5. The van der Waals surface area contributed by atoms with E-state index in [0.29, 0.717) is 30.6 Å². The predicted molar refractivity (Wildman–Crippen MR) is 125 cm³/mol. The van der Waals surface area contributed by atoms with Crippen molar-refractivity contribution in [3.63, 3.8) is 0 Å². The minimum atomic E-state index is -0.538. The Morgan fingerprint density at radius 3 is 2.52 bits per heavy atom. The van der Waals surface area contributed by atoms with Gasteiger partial charge in [-0.25, -0.2) is 9.49 Å². The number of amides is 1. The maximum Gasteiger partial charge on any atom is 0.272 e. The zero-order valence-electron chi connectivity index (χ0n) is 17.9. The van der Waals surface area contributed by atoms with Crippen molar-refractivity contribution in [3.8, 4) is 0 Å². The Bertz CT molecular complexity index is 1360. The number of nitrogens with zero attached hydrogens (tertiary/aromatic N) is 2. The molecule has 6 nitrogen and oxygen atoms in total. The summed E-state index contributed by atoms with van der Waals surface area (Å²) in [6.07, 6.45) is 0.374. The maximum atomic E-state index is 14.5. The standard InChI is InChI=1S/C26H23FN4O2/c27-23-11-10-18(13-24-20-8-4-5-9-21(20)25(32)30-29-24)12-22(23)26(33)31-15-19(16-31)28-14-17-6-2-1-3-7-17/h1-12,19,28H,13-16H2,(H,30,32). The van der Waals surface area contributed by atoms with Crippen LogP contribution in [0.4, 0.5) is 4.39 Å². The summed E-state index contributed by atoms with van der Waals surface area (Å²) in [7, 11) is 0. The van der Waals surface area contributed by atoms with Crippen LogP contribution in [0.1, 0.15) is 27.2 Å². The van der Waals surface area contributed by atoms with Crippen molar-refractivity contribution >= 4 is 16.7 Å². The summed E-state index contributed by atoms with van der Waals surface area (Å²) in [6.45, 7) is 1.82. The van der Waals surface area contributed by atoms with E-state index in [4.69, 9.17) is 0 Å². The molecule has 1 amide bonds. The van der Waals surface area contributed by atoms with Crippen LogP contribution in [0.3, 0.4) is 0 Å². The van der Waals surface area contributed by atoms with Crippen LogP contribution in [0, 0.1) is 5.82 Å². The average Bonchev–Trinajstić information content (AvgIpc) is 2.82. The van der Waals surface area contributed by atoms with E-state index >= 15 is 0 Å². The second-order valence-electron chi connectivity index (χ2n) is 8.31. The van der Waals surface area contributed by atoms with Crippen molar-refractivity contribution in [2.45, 2.75) is 19.0 Å². The highest BCUT2D eigenvalue weighted by atomic mass is 19.1. The van der Waals surface area contributed by atoms with Crippen molar-refractivity contribution in [3.05, 3.63) is 111 Å². The van der Waals surface area contributed by atoms with E-state index in [-0.39, 0.29) is 23.1 Å². The molecule has 3 aromatic carbocycles. The van der Waals surface area contributed by atoms with Gasteiger partial charge in [0.15, 0.2) is 0 Å². The lowest BCUT2D eigenvalue weighted by Crippen LogP contribution is -2.59. The number of carbonyl (C=O) groups is 1. The molecule has 2 heterocycles. The van der Waals surface area contributed by atoms with Crippen molar-refractivity contribution in [1.29, 1.82) is 0 Å². The Labute approximate surface area is 190 Å². The molecule has 0 spiro atoms. The van der Waals surface area contributed by atoms with E-state index < -0.39 is 5.82 Å². The molecule has 1 fully saturated rings. The molecule has 0 saturated carbocycles. The lowest BCUT2D eigenvalue weighted by Gasteiger charge is -2.40. The van der Waals surface area contributed by atoms with Crippen LogP contribution < -0.4 is 10.9 Å². The number of aromatic amines is 1. The molecule has 1 aliphatic heterocycles. The monoisotopic (exact) mass is 442 g/mol. The summed E-state index contributed by atoms with van der Waals surface area (Å²) in [4.78, 5) is 26.6. The summed E-state index contributed by atoms with van der Waals surface area (Å²) in [5.74, 6) is -0.852. The highest BCUT2D eigenvalue weighted by molar-refractivity contribution is 5.95. The SMILES string of the molecule is O=C(c1cc(Cc2n[nH]c(=O)c3ccccc23)ccc1F)N1CC(NCc2ccccc2)C1. The molecular weight excluding hydrogens is 419 g/mol. The van der Waals surface area contributed by atoms with Gasteiger partial charge in [0.05, 0.1) is 16.6 Å². The smallest absolute Gasteiger partial charge is 0.272 e. The van der Waals surface area contributed by atoms with Crippen LogP contribution >= 0.6 is 0 Å². The van der Waals surface area contributed by atoms with E-state index in [0.717, 1.165) is 17.5 Å². The van der Waals surface area contributed by atoms with Gasteiger partial charge in [-0.15, -0.1) is 0 Å². The number of carbonyl (C=O) groups excluding carboxylic acids is 1. The number of benzene rings is 3. The molecule has 5 rings (SSSR count). The first kappa shape index (κ1) is 21.0. The third-order valence-electron chi connectivity index (χ3n) is 6.01. The lowest BCUT2D eigenvalue weighted by atomic mass is 10.0. The Morgan fingerprint density at radius 2 is 1.73 bits per heavy atom. The Hall–Kier alpha value is -3.84. The van der Waals surface area contributed by atoms with Crippen LogP contribution in [-0.2, 0) is 13.0 Å². The van der Waals surface area contributed by atoms with Crippen LogP contribution in [0.5, 0.6) is 0 Å². The Morgan fingerprint density at radius 1 is 1.00 bits per heavy atom. The molecule has 1 aliphatic rings. The molecule has 0 bridgehead atoms. The fraction of sp³-hybridized carbons (Fsp3) is 0.192. The lowest BCUT2D eigenvalue weighted by molar-refractivity contribution is 0.0561. The second kappa shape index (κ2) is 8.96. The van der Waals surface area contributed by atoms with Crippen molar-refractivity contribution in [1.82, 2.24) is 20.4 Å². The molecular formula is C26H23FN4O2. The van der Waals surface area contributed by atoms with Gasteiger partial charge in [-0.2, -0.15) is 5.10 Å². The molecule has 4 aromatic rings. The average molecular weight is 442 g/mol. The summed E-state index contributed by atoms with van der Waals surface area (Å²) in [5, 5.41) is 11.4. The first-order valence-corrected chi connectivity index (χ1v) is 10.9. The minimum absolute atomic E-state index is 0.0581. The van der Waals surface area contributed by atoms with Crippen LogP contribution in [0.25, 0.3) is 10.8 Å². The third-order valence-corrected chi connectivity index (χ3v) is 6.01. The van der Waals surface area contributed by atoms with Crippen molar-refractivity contribution < 1.29 is 9.18 Å². The van der Waals surface area contributed by atoms with Gasteiger partial charge in [0.1, 0.15) is 5.82 Å². The van der Waals surface area contributed by atoms with Crippen LogP contribution in [0.15, 0.2) is 77.6 Å². The number of rotatable bonds is 6. The molecule has 1 aromatic heterocycles. The molecule has 2 N–H and O–H groups in total. The summed E-state index contributed by atoms with van der Waals surface area (Å²) in [6, 6.07) is 22.0. The molecule has 7 heteroatoms. The van der Waals surface area contributed by atoms with Crippen molar-refractivity contribution in [2.24, 2.45) is 0 Å². The highest BCUT2D eigenvalue weighted by Gasteiger charge is 2.32. The molecule has 0 radical (unpaired) electrons. The second-order valence-corrected chi connectivity index (χ2v) is 8.31. The number of H-pyrrole nitrogens is 1. The molecule has 0 atom stereocenters. The fourth-order valence-corrected chi connectivity index (χ4v) is 4.15. The Balaban J connectivity index is 1.27. The minimum Gasteiger partial charge on any atom is -0.335 e. The van der Waals surface area contributed by atoms with Gasteiger partial charge in [0, 0.05) is 37.5 Å². The third kappa shape index (κ3) is 4.40. The van der Waals surface area contributed by atoms with E-state index in [1.807, 2.05) is 30.3 Å². The summed E-state index contributed by atoms with van der Waals surface area (Å²) >= 11 is 0. The topological polar surface area (TPSA) is 78.1 Å². The van der Waals surface area contributed by atoms with Crippen molar-refractivity contribution in [2.75, 3.05) is 13.1 Å². The largest absolute Gasteiger partial charge is 0.335 e. The quantitative estimate of drug-likeness (QED) is 0.481. The number of halogens is 1. The van der Waals surface area contributed by atoms with Gasteiger partial charge in [-0.3, -0.25) is 9.59 Å². The van der Waals surface area contributed by atoms with E-state index in [2.05, 4.69) is 27.6 Å². The van der Waals surface area contributed by atoms with Gasteiger partial charge in [-0.05, 0) is 29.3 Å². The van der Waals surface area contributed by atoms with Gasteiger partial charge in [0.2, 0.25) is 0 Å². The first-order chi connectivity index (χ1) is 16.1. The number of likely N-dealkylation sites (tertiary alicyclic amines) is 1. The van der Waals surface area contributed by atoms with E-state index in [1.165, 1.54) is 11.6 Å². The van der Waals surface area contributed by atoms with E-state index in [1.54, 1.807) is 29.2 Å². The summed E-state index contributed by atoms with van der Waals surface area (Å²) in [5.41, 5.74) is 2.41. The normalized spacial score (nSPS) is 13.8. The number of hydrogen-bond acceptors (Lipinski definition) is 4. The van der Waals surface area contributed by atoms with Gasteiger partial charge in [-0.1, -0.05) is 54.6 Å². The molecule has 166 valence electrons. The molecule has 0 unspecified atom stereocenters. The number of fused-ring (bicyclic) bond motifs is 1. The number of hydrogen-bond donors (Lipinski definition) is 2.